The summed E-state index contributed by atoms with van der Waals surface area (Å²) in [5.74, 6) is 1.27. The molecule has 3 aromatic carbocycles. The molecule has 1 fully saturated rings. The van der Waals surface area contributed by atoms with Crippen molar-refractivity contribution in [2.75, 3.05) is 25.7 Å². The predicted octanol–water partition coefficient (Wildman–Crippen LogP) is 6.48. The lowest BCUT2D eigenvalue weighted by atomic mass is 9.76. The Bertz CT molecular complexity index is 1230. The number of ether oxygens (including phenoxy) is 2. The van der Waals surface area contributed by atoms with Crippen molar-refractivity contribution in [1.82, 2.24) is 0 Å². The highest BCUT2D eigenvalue weighted by atomic mass is 16.5. The van der Waals surface area contributed by atoms with E-state index in [4.69, 9.17) is 9.47 Å². The van der Waals surface area contributed by atoms with E-state index in [1.807, 2.05) is 0 Å². The van der Waals surface area contributed by atoms with Crippen LogP contribution in [0, 0.1) is 0 Å². The zero-order valence-corrected chi connectivity index (χ0v) is 20.8. The van der Waals surface area contributed by atoms with Crippen molar-refractivity contribution in [3.63, 3.8) is 0 Å². The highest BCUT2D eigenvalue weighted by Crippen LogP contribution is 2.45. The first kappa shape index (κ1) is 23.2. The molecule has 0 aromatic heterocycles. The van der Waals surface area contributed by atoms with E-state index in [2.05, 4.69) is 78.6 Å². The molecule has 0 N–H and O–H groups in total. The molecule has 1 aliphatic heterocycles. The zero-order valence-electron chi connectivity index (χ0n) is 20.8. The van der Waals surface area contributed by atoms with Gasteiger partial charge in [0, 0.05) is 18.3 Å². The van der Waals surface area contributed by atoms with E-state index in [0.717, 1.165) is 30.2 Å². The van der Waals surface area contributed by atoms with Crippen LogP contribution in [-0.4, -0.2) is 26.7 Å². The third-order valence-corrected chi connectivity index (χ3v) is 7.85. The van der Waals surface area contributed by atoms with Gasteiger partial charge < -0.3 is 14.4 Å². The minimum absolute atomic E-state index is 0.345. The lowest BCUT2D eigenvalue weighted by molar-refractivity contribution is -0.134. The molecule has 0 radical (unpaired) electrons. The second-order valence-corrected chi connectivity index (χ2v) is 9.69. The molecule has 4 nitrogen and oxygen atoms in total. The summed E-state index contributed by atoms with van der Waals surface area (Å²) in [6.45, 7) is 3.24. The smallest absolute Gasteiger partial charge is 0.330 e. The maximum absolute atomic E-state index is 11.5. The summed E-state index contributed by atoms with van der Waals surface area (Å²) >= 11 is 0. The largest absolute Gasteiger partial charge is 0.497 e. The number of hydrogen-bond acceptors (Lipinski definition) is 4. The Morgan fingerprint density at radius 3 is 2.37 bits per heavy atom. The normalized spacial score (nSPS) is 19.8. The first-order valence-electron chi connectivity index (χ1n) is 12.4. The first-order chi connectivity index (χ1) is 17.0. The van der Waals surface area contributed by atoms with Crippen LogP contribution in [0.25, 0.3) is 6.08 Å². The van der Waals surface area contributed by atoms with Gasteiger partial charge in [-0.3, -0.25) is 0 Å². The van der Waals surface area contributed by atoms with Gasteiger partial charge in [-0.25, -0.2) is 4.79 Å². The maximum atomic E-state index is 11.5. The summed E-state index contributed by atoms with van der Waals surface area (Å²) in [5.41, 5.74) is 7.15. The van der Waals surface area contributed by atoms with E-state index in [-0.39, 0.29) is 11.5 Å². The number of carbonyl (C=O) groups is 1. The van der Waals surface area contributed by atoms with Crippen molar-refractivity contribution >= 4 is 17.7 Å². The number of hydrogen-bond donors (Lipinski definition) is 0. The second kappa shape index (κ2) is 9.61. The summed E-state index contributed by atoms with van der Waals surface area (Å²) in [7, 11) is 3.11. The number of fused-ring (bicyclic) bond motifs is 1. The fourth-order valence-corrected chi connectivity index (χ4v) is 5.50. The molecule has 0 saturated heterocycles. The monoisotopic (exact) mass is 467 g/mol. The summed E-state index contributed by atoms with van der Waals surface area (Å²) in [4.78, 5) is 14.0. The third kappa shape index (κ3) is 4.34. The molecule has 1 atom stereocenters. The highest BCUT2D eigenvalue weighted by Gasteiger charge is 2.40. The van der Waals surface area contributed by atoms with Crippen LogP contribution >= 0.6 is 0 Å². The Kier molecular flexibility index (Phi) is 6.38. The van der Waals surface area contributed by atoms with Gasteiger partial charge in [0.05, 0.1) is 19.8 Å². The number of rotatable bonds is 6. The number of methoxy groups -OCH3 is 2. The minimum atomic E-state index is -0.354. The van der Waals surface area contributed by atoms with Crippen LogP contribution in [0.4, 0.5) is 5.69 Å². The Morgan fingerprint density at radius 1 is 1.00 bits per heavy atom. The van der Waals surface area contributed by atoms with E-state index in [0.29, 0.717) is 0 Å². The molecular formula is C31H33NO3. The van der Waals surface area contributed by atoms with Crippen molar-refractivity contribution in [1.29, 1.82) is 0 Å². The van der Waals surface area contributed by atoms with Crippen LogP contribution in [0.15, 0.2) is 72.8 Å². The molecule has 2 aliphatic rings. The second-order valence-electron chi connectivity index (χ2n) is 9.69. The molecule has 3 aromatic rings. The van der Waals surface area contributed by atoms with Crippen LogP contribution in [0.2, 0.25) is 0 Å². The van der Waals surface area contributed by atoms with E-state index in [1.54, 1.807) is 13.2 Å². The summed E-state index contributed by atoms with van der Waals surface area (Å²) in [5, 5.41) is 0. The molecule has 4 heteroatoms. The Labute approximate surface area is 208 Å². The first-order valence-corrected chi connectivity index (χ1v) is 12.4. The molecular weight excluding hydrogens is 434 g/mol. The van der Waals surface area contributed by atoms with Crippen LogP contribution in [0.5, 0.6) is 5.75 Å². The van der Waals surface area contributed by atoms with Crippen LogP contribution < -0.4 is 9.64 Å². The summed E-state index contributed by atoms with van der Waals surface area (Å²) < 4.78 is 10.2. The average Bonchev–Trinajstić information content (AvgIpc) is 2.87. The standard InChI is InChI=1S/C31H33NO3/c1-31(26-12-7-22(8-13-26)9-18-30(33)35-3)29-17-16-28(34-2)21-25(29)19-20-32(31)27-14-10-24(11-15-27)23-5-4-6-23/h7-18,21,23H,4-6,19-20H2,1-3H3/b18-9+. The van der Waals surface area contributed by atoms with Gasteiger partial charge in [-0.1, -0.05) is 48.9 Å². The van der Waals surface area contributed by atoms with Crippen molar-refractivity contribution in [3.05, 3.63) is 101 Å². The van der Waals surface area contributed by atoms with E-state index in [1.165, 1.54) is 60.4 Å². The quantitative estimate of drug-likeness (QED) is 0.307. The number of anilines is 1. The number of benzene rings is 3. The van der Waals surface area contributed by atoms with Crippen molar-refractivity contribution in [3.8, 4) is 5.75 Å². The molecule has 1 saturated carbocycles. The van der Waals surface area contributed by atoms with Crippen LogP contribution in [0.1, 0.15) is 59.9 Å². The number of carbonyl (C=O) groups excluding carboxylic acids is 1. The molecule has 0 bridgehead atoms. The summed E-state index contributed by atoms with van der Waals surface area (Å²) in [6, 6.07) is 24.2. The molecule has 180 valence electrons. The van der Waals surface area contributed by atoms with Crippen molar-refractivity contribution in [2.24, 2.45) is 0 Å². The molecule has 0 amide bonds. The lowest BCUT2D eigenvalue weighted by Crippen LogP contribution is -2.49. The maximum Gasteiger partial charge on any atom is 0.330 e. The van der Waals surface area contributed by atoms with E-state index >= 15 is 0 Å². The predicted molar refractivity (Wildman–Crippen MR) is 141 cm³/mol. The minimum Gasteiger partial charge on any atom is -0.497 e. The van der Waals surface area contributed by atoms with Gasteiger partial charge in [0.25, 0.3) is 0 Å². The van der Waals surface area contributed by atoms with Gasteiger partial charge >= 0.3 is 5.97 Å². The topological polar surface area (TPSA) is 38.8 Å². The molecule has 1 aliphatic carbocycles. The third-order valence-electron chi connectivity index (χ3n) is 7.85. The van der Waals surface area contributed by atoms with E-state index in [9.17, 15) is 4.79 Å². The van der Waals surface area contributed by atoms with Gasteiger partial charge in [0.15, 0.2) is 0 Å². The molecule has 1 heterocycles. The number of nitrogens with zero attached hydrogens (tertiary/aromatic N) is 1. The van der Waals surface area contributed by atoms with Crippen LogP contribution in [-0.2, 0) is 21.5 Å². The fourth-order valence-electron chi connectivity index (χ4n) is 5.50. The molecule has 35 heavy (non-hydrogen) atoms. The lowest BCUT2D eigenvalue weighted by Gasteiger charge is -2.48. The van der Waals surface area contributed by atoms with Gasteiger partial charge in [-0.05, 0) is 90.3 Å². The SMILES string of the molecule is COC(=O)/C=C/c1ccc(C2(C)c3ccc(OC)cc3CCN2c2ccc(C3CCC3)cc2)cc1. The zero-order chi connectivity index (χ0) is 24.4. The Morgan fingerprint density at radius 2 is 1.74 bits per heavy atom. The van der Waals surface area contributed by atoms with Gasteiger partial charge in [-0.2, -0.15) is 0 Å². The highest BCUT2D eigenvalue weighted by molar-refractivity contribution is 5.86. The Balaban J connectivity index is 1.55. The Hall–Kier alpha value is -3.53. The molecule has 1 unspecified atom stereocenters. The van der Waals surface area contributed by atoms with Crippen molar-refractivity contribution in [2.45, 2.75) is 44.1 Å². The summed E-state index contributed by atoms with van der Waals surface area (Å²) in [6.07, 6.45) is 8.18. The van der Waals surface area contributed by atoms with E-state index < -0.39 is 0 Å². The van der Waals surface area contributed by atoms with Gasteiger partial charge in [-0.15, -0.1) is 0 Å². The van der Waals surface area contributed by atoms with Crippen LogP contribution in [0.3, 0.4) is 0 Å². The fraction of sp³-hybridized carbons (Fsp3) is 0.323. The molecule has 5 rings (SSSR count). The van der Waals surface area contributed by atoms with Gasteiger partial charge in [0.2, 0.25) is 0 Å². The van der Waals surface area contributed by atoms with Crippen molar-refractivity contribution < 1.29 is 14.3 Å². The number of esters is 1. The molecule has 0 spiro atoms. The average molecular weight is 468 g/mol. The van der Waals surface area contributed by atoms with Gasteiger partial charge in [0.1, 0.15) is 5.75 Å².